The lowest BCUT2D eigenvalue weighted by molar-refractivity contribution is -0.133. The van der Waals surface area contributed by atoms with Gasteiger partial charge in [0, 0.05) is 38.0 Å². The molecule has 6 atom stereocenters. The first-order valence-electron chi connectivity index (χ1n) is 17.8. The lowest BCUT2D eigenvalue weighted by Gasteiger charge is -2.47. The van der Waals surface area contributed by atoms with Gasteiger partial charge < -0.3 is 26.0 Å². The van der Waals surface area contributed by atoms with Crippen molar-refractivity contribution in [3.8, 4) is 0 Å². The highest BCUT2D eigenvalue weighted by Crippen LogP contribution is 2.39. The Morgan fingerprint density at radius 2 is 1.54 bits per heavy atom. The SMILES string of the molecule is CC(C)(C)NC(=O)C1CC2CCCCC2CN1CC(O)C(Cc1ccccc1)NC(=O)C(NC(=O)N1CCCCC1)C(C)(C)S(C)(=O)=O. The van der Waals surface area contributed by atoms with Gasteiger partial charge >= 0.3 is 6.03 Å². The van der Waals surface area contributed by atoms with Crippen molar-refractivity contribution in [1.29, 1.82) is 0 Å². The maximum absolute atomic E-state index is 14.2. The average molecular weight is 690 g/mol. The molecule has 0 radical (unpaired) electrons. The molecule has 48 heavy (non-hydrogen) atoms. The summed E-state index contributed by atoms with van der Waals surface area (Å²) in [5.74, 6) is 0.170. The van der Waals surface area contributed by atoms with Gasteiger partial charge in [-0.3, -0.25) is 14.5 Å². The van der Waals surface area contributed by atoms with Crippen LogP contribution >= 0.6 is 0 Å². The largest absolute Gasteiger partial charge is 0.390 e. The Bertz CT molecular complexity index is 1360. The fraction of sp³-hybridized carbons (Fsp3) is 0.750. The summed E-state index contributed by atoms with van der Waals surface area (Å²) >= 11 is 0. The molecular weight excluding hydrogens is 630 g/mol. The number of hydrogen-bond donors (Lipinski definition) is 4. The van der Waals surface area contributed by atoms with E-state index in [-0.39, 0.29) is 18.9 Å². The number of aliphatic hydroxyl groups is 1. The van der Waals surface area contributed by atoms with Crippen molar-refractivity contribution in [3.05, 3.63) is 35.9 Å². The molecule has 4 amide bonds. The molecule has 0 aromatic heterocycles. The number of carbonyl (C=O) groups is 3. The summed E-state index contributed by atoms with van der Waals surface area (Å²) < 4.78 is 24.4. The molecule has 4 rings (SSSR count). The third-order valence-electron chi connectivity index (χ3n) is 10.6. The van der Waals surface area contributed by atoms with Gasteiger partial charge in [-0.05, 0) is 90.5 Å². The second kappa shape index (κ2) is 15.9. The van der Waals surface area contributed by atoms with E-state index in [1.54, 1.807) is 4.90 Å². The van der Waals surface area contributed by atoms with E-state index in [4.69, 9.17) is 0 Å². The molecular formula is C36H59N5O6S. The number of likely N-dealkylation sites (tertiary alicyclic amines) is 2. The summed E-state index contributed by atoms with van der Waals surface area (Å²) in [6, 6.07) is 6.37. The van der Waals surface area contributed by atoms with Crippen LogP contribution in [0.15, 0.2) is 30.3 Å². The average Bonchev–Trinajstić information content (AvgIpc) is 3.02. The van der Waals surface area contributed by atoms with Crippen molar-refractivity contribution in [2.75, 3.05) is 32.4 Å². The van der Waals surface area contributed by atoms with Crippen LogP contribution in [0.2, 0.25) is 0 Å². The Morgan fingerprint density at radius 1 is 0.917 bits per heavy atom. The number of piperidine rings is 2. The Hall–Kier alpha value is -2.70. The van der Waals surface area contributed by atoms with Crippen LogP contribution in [0.1, 0.15) is 91.5 Å². The maximum atomic E-state index is 14.2. The molecule has 3 fully saturated rings. The molecule has 2 heterocycles. The van der Waals surface area contributed by atoms with Crippen LogP contribution in [0, 0.1) is 11.8 Å². The van der Waals surface area contributed by atoms with E-state index in [9.17, 15) is 27.9 Å². The number of nitrogens with zero attached hydrogens (tertiary/aromatic N) is 2. The topological polar surface area (TPSA) is 148 Å². The van der Waals surface area contributed by atoms with Gasteiger partial charge in [0.2, 0.25) is 11.8 Å². The Morgan fingerprint density at radius 3 is 2.15 bits per heavy atom. The number of nitrogens with one attached hydrogen (secondary N) is 3. The second-order valence-corrected chi connectivity index (χ2v) is 18.5. The molecule has 0 spiro atoms. The van der Waals surface area contributed by atoms with Gasteiger partial charge in [0.15, 0.2) is 9.84 Å². The lowest BCUT2D eigenvalue weighted by Crippen LogP contribution is -2.65. The fourth-order valence-corrected chi connectivity index (χ4v) is 8.09. The summed E-state index contributed by atoms with van der Waals surface area (Å²) in [4.78, 5) is 44.8. The highest BCUT2D eigenvalue weighted by Gasteiger charge is 2.46. The summed E-state index contributed by atoms with van der Waals surface area (Å²) in [5, 5.41) is 20.8. The Labute approximate surface area is 287 Å². The van der Waals surface area contributed by atoms with Crippen molar-refractivity contribution in [2.24, 2.45) is 11.8 Å². The highest BCUT2D eigenvalue weighted by atomic mass is 32.2. The van der Waals surface area contributed by atoms with Gasteiger partial charge in [-0.1, -0.05) is 49.6 Å². The number of aliphatic hydroxyl groups excluding tert-OH is 1. The van der Waals surface area contributed by atoms with E-state index in [0.29, 0.717) is 31.5 Å². The summed E-state index contributed by atoms with van der Waals surface area (Å²) in [6.45, 7) is 10.7. The predicted molar refractivity (Wildman–Crippen MR) is 188 cm³/mol. The van der Waals surface area contributed by atoms with E-state index >= 15 is 0 Å². The van der Waals surface area contributed by atoms with E-state index < -0.39 is 56.3 Å². The van der Waals surface area contributed by atoms with Crippen molar-refractivity contribution < 1.29 is 27.9 Å². The van der Waals surface area contributed by atoms with E-state index in [2.05, 4.69) is 20.9 Å². The summed E-state index contributed by atoms with van der Waals surface area (Å²) in [6.07, 6.45) is 8.20. The molecule has 1 aromatic rings. The molecule has 0 bridgehead atoms. The first kappa shape index (κ1) is 38.1. The number of fused-ring (bicyclic) bond motifs is 1. The van der Waals surface area contributed by atoms with Crippen LogP contribution in [-0.4, -0.2) is 108 Å². The van der Waals surface area contributed by atoms with E-state index in [1.165, 1.54) is 20.3 Å². The number of sulfone groups is 1. The zero-order valence-electron chi connectivity index (χ0n) is 29.8. The van der Waals surface area contributed by atoms with Gasteiger partial charge in [0.1, 0.15) is 6.04 Å². The number of carbonyl (C=O) groups excluding carboxylic acids is 3. The molecule has 1 saturated carbocycles. The second-order valence-electron chi connectivity index (χ2n) is 15.9. The summed E-state index contributed by atoms with van der Waals surface area (Å²) in [7, 11) is -3.81. The van der Waals surface area contributed by atoms with Crippen LogP contribution in [0.4, 0.5) is 4.79 Å². The van der Waals surface area contributed by atoms with Crippen molar-refractivity contribution >= 4 is 27.7 Å². The molecule has 4 N–H and O–H groups in total. The monoisotopic (exact) mass is 689 g/mol. The minimum absolute atomic E-state index is 0.0576. The lowest BCUT2D eigenvalue weighted by atomic mass is 9.72. The van der Waals surface area contributed by atoms with Crippen molar-refractivity contribution in [1.82, 2.24) is 25.8 Å². The van der Waals surface area contributed by atoms with Crippen molar-refractivity contribution in [3.63, 3.8) is 0 Å². The normalized spacial score (nSPS) is 24.5. The van der Waals surface area contributed by atoms with Crippen molar-refractivity contribution in [2.45, 2.75) is 127 Å². The van der Waals surface area contributed by atoms with Crippen LogP contribution < -0.4 is 16.0 Å². The first-order chi connectivity index (χ1) is 22.5. The van der Waals surface area contributed by atoms with Crippen LogP contribution in [0.3, 0.4) is 0 Å². The van der Waals surface area contributed by atoms with Crippen LogP contribution in [-0.2, 0) is 25.8 Å². The molecule has 1 aromatic carbocycles. The highest BCUT2D eigenvalue weighted by molar-refractivity contribution is 7.92. The number of benzene rings is 1. The van der Waals surface area contributed by atoms with Gasteiger partial charge in [0.05, 0.1) is 22.9 Å². The number of β-amino-alcohol motifs (C(OH)–C–C–N with tert-alkyl or cyclic N) is 1. The third kappa shape index (κ3) is 9.94. The molecule has 2 aliphatic heterocycles. The molecule has 6 unspecified atom stereocenters. The van der Waals surface area contributed by atoms with Gasteiger partial charge in [0.25, 0.3) is 0 Å². The Kier molecular flexibility index (Phi) is 12.6. The smallest absolute Gasteiger partial charge is 0.318 e. The third-order valence-corrected chi connectivity index (χ3v) is 12.8. The minimum atomic E-state index is -3.81. The van der Waals surface area contributed by atoms with Gasteiger partial charge in [-0.2, -0.15) is 0 Å². The van der Waals surface area contributed by atoms with E-state index in [0.717, 1.165) is 56.8 Å². The fourth-order valence-electron chi connectivity index (χ4n) is 7.49. The van der Waals surface area contributed by atoms with Crippen LogP contribution in [0.5, 0.6) is 0 Å². The van der Waals surface area contributed by atoms with Gasteiger partial charge in [-0.15, -0.1) is 0 Å². The molecule has 11 nitrogen and oxygen atoms in total. The van der Waals surface area contributed by atoms with E-state index in [1.807, 2.05) is 51.1 Å². The molecule has 3 aliphatic rings. The molecule has 1 aliphatic carbocycles. The molecule has 270 valence electrons. The number of amides is 4. The molecule has 12 heteroatoms. The first-order valence-corrected chi connectivity index (χ1v) is 19.7. The van der Waals surface area contributed by atoms with Gasteiger partial charge in [-0.25, -0.2) is 13.2 Å². The zero-order chi connectivity index (χ0) is 35.3. The maximum Gasteiger partial charge on any atom is 0.318 e. The Balaban J connectivity index is 1.60. The zero-order valence-corrected chi connectivity index (χ0v) is 30.7. The number of rotatable bonds is 11. The quantitative estimate of drug-likeness (QED) is 0.279. The van der Waals surface area contributed by atoms with Crippen LogP contribution in [0.25, 0.3) is 0 Å². The number of urea groups is 1. The predicted octanol–water partition coefficient (Wildman–Crippen LogP) is 3.26. The standard InChI is InChI=1S/C36H59N5O6S/c1-35(2,3)39-32(43)29-22-26-17-11-12-18-27(26)23-41(29)24-30(42)28(21-25-15-9-7-10-16-25)37-33(44)31(36(4,5)48(6,46)47)38-34(45)40-19-13-8-14-20-40/h7,9-10,15-16,26-31,42H,8,11-14,17-24H2,1-6H3,(H,37,44)(H,38,45)(H,39,43). The summed E-state index contributed by atoms with van der Waals surface area (Å²) in [5.41, 5.74) is 0.473. The molecule has 2 saturated heterocycles. The minimum Gasteiger partial charge on any atom is -0.390 e. The number of hydrogen-bond acceptors (Lipinski definition) is 7.